The van der Waals surface area contributed by atoms with Crippen molar-refractivity contribution in [1.29, 1.82) is 0 Å². The maximum Gasteiger partial charge on any atom is 0.214 e. The molecule has 1 fully saturated rings. The van der Waals surface area contributed by atoms with Crippen molar-refractivity contribution in [2.75, 3.05) is 6.61 Å². The van der Waals surface area contributed by atoms with Crippen LogP contribution in [0.15, 0.2) is 0 Å². The quantitative estimate of drug-likeness (QED) is 0.421. The van der Waals surface area contributed by atoms with Gasteiger partial charge in [-0.15, -0.1) is 0 Å². The number of aliphatic hydroxyl groups is 2. The van der Waals surface area contributed by atoms with Crippen molar-refractivity contribution in [2.45, 2.75) is 38.0 Å². The highest BCUT2D eigenvalue weighted by Gasteiger charge is 2.36. The van der Waals surface area contributed by atoms with Crippen molar-refractivity contribution in [2.24, 2.45) is 11.5 Å². The van der Waals surface area contributed by atoms with Gasteiger partial charge in [0, 0.05) is 13.3 Å². The number of halogens is 1. The zero-order valence-corrected chi connectivity index (χ0v) is 8.47. The Labute approximate surface area is 87.0 Å². The van der Waals surface area contributed by atoms with Crippen LogP contribution >= 0.6 is 0 Å². The highest BCUT2D eigenvalue weighted by atomic mass is 19.1. The third-order valence-corrected chi connectivity index (χ3v) is 1.73. The summed E-state index contributed by atoms with van der Waals surface area (Å²) in [6.07, 6.45) is -4.21. The lowest BCUT2D eigenvalue weighted by Gasteiger charge is -2.32. The van der Waals surface area contributed by atoms with Gasteiger partial charge in [-0.05, 0) is 0 Å². The predicted molar refractivity (Wildman–Crippen MR) is 50.3 cm³/mol. The molecular formula is C8H17FN2O4. The number of aliphatic hydroxyl groups excluding tert-OH is 2. The Hall–Kier alpha value is -0.760. The van der Waals surface area contributed by atoms with Crippen LogP contribution in [0.25, 0.3) is 0 Å². The molecule has 7 heteroatoms. The van der Waals surface area contributed by atoms with E-state index in [-0.39, 0.29) is 12.3 Å². The summed E-state index contributed by atoms with van der Waals surface area (Å²) in [5.74, 6) is -0.333. The molecular weight excluding hydrogens is 207 g/mol. The van der Waals surface area contributed by atoms with Crippen molar-refractivity contribution in [3.05, 3.63) is 0 Å². The second-order valence-corrected chi connectivity index (χ2v) is 3.25. The molecule has 0 aromatic heterocycles. The summed E-state index contributed by atoms with van der Waals surface area (Å²) in [5.41, 5.74) is 9.77. The van der Waals surface area contributed by atoms with E-state index in [9.17, 15) is 9.18 Å². The minimum atomic E-state index is -1.53. The summed E-state index contributed by atoms with van der Waals surface area (Å²) in [6.45, 7) is 0.853. The summed E-state index contributed by atoms with van der Waals surface area (Å²) < 4.78 is 17.6. The van der Waals surface area contributed by atoms with Gasteiger partial charge in [0.1, 0.15) is 12.3 Å². The molecule has 15 heavy (non-hydrogen) atoms. The third-order valence-electron chi connectivity index (χ3n) is 1.73. The van der Waals surface area contributed by atoms with Gasteiger partial charge in [0.25, 0.3) is 0 Å². The molecule has 1 aliphatic rings. The van der Waals surface area contributed by atoms with Crippen LogP contribution in [0.2, 0.25) is 0 Å². The number of rotatable bonds is 1. The van der Waals surface area contributed by atoms with E-state index in [0.717, 1.165) is 0 Å². The summed E-state index contributed by atoms with van der Waals surface area (Å²) >= 11 is 0. The molecule has 1 unspecified atom stereocenters. The zero-order valence-electron chi connectivity index (χ0n) is 8.47. The first-order valence-corrected chi connectivity index (χ1v) is 4.48. The molecule has 1 saturated heterocycles. The molecule has 90 valence electrons. The monoisotopic (exact) mass is 224 g/mol. The molecule has 0 aromatic carbocycles. The predicted octanol–water partition coefficient (Wildman–Crippen LogP) is -1.76. The van der Waals surface area contributed by atoms with Gasteiger partial charge in [-0.3, -0.25) is 4.79 Å². The van der Waals surface area contributed by atoms with E-state index in [1.54, 1.807) is 0 Å². The van der Waals surface area contributed by atoms with Crippen LogP contribution in [0.5, 0.6) is 0 Å². The number of nitrogens with two attached hydrogens (primary N) is 2. The smallest absolute Gasteiger partial charge is 0.214 e. The minimum Gasteiger partial charge on any atom is -0.394 e. The number of alkyl halides is 1. The van der Waals surface area contributed by atoms with Crippen molar-refractivity contribution in [3.8, 4) is 0 Å². The SMILES string of the molecule is CC(N)=O.NC1C[C@@H](O)[C@H](F)[C@@H](CO)O1. The normalized spacial score (nSPS) is 35.3. The molecule has 6 N–H and O–H groups in total. The maximum atomic E-state index is 12.8. The summed E-state index contributed by atoms with van der Waals surface area (Å²) in [6, 6.07) is 0. The van der Waals surface area contributed by atoms with Gasteiger partial charge >= 0.3 is 0 Å². The molecule has 0 aromatic rings. The van der Waals surface area contributed by atoms with E-state index in [1.165, 1.54) is 6.92 Å². The number of hydrogen-bond donors (Lipinski definition) is 4. The van der Waals surface area contributed by atoms with Gasteiger partial charge in [-0.25, -0.2) is 4.39 Å². The van der Waals surface area contributed by atoms with E-state index in [4.69, 9.17) is 20.7 Å². The fourth-order valence-electron chi connectivity index (χ4n) is 1.11. The lowest BCUT2D eigenvalue weighted by atomic mass is 10.0. The molecule has 4 atom stereocenters. The van der Waals surface area contributed by atoms with Gasteiger partial charge in [-0.2, -0.15) is 0 Å². The molecule has 0 bridgehead atoms. The molecule has 1 amide bonds. The average molecular weight is 224 g/mol. The van der Waals surface area contributed by atoms with Crippen molar-refractivity contribution in [1.82, 2.24) is 0 Å². The van der Waals surface area contributed by atoms with Crippen molar-refractivity contribution in [3.63, 3.8) is 0 Å². The number of carbonyl (C=O) groups excluding carboxylic acids is 1. The first kappa shape index (κ1) is 14.2. The summed E-state index contributed by atoms with van der Waals surface area (Å²) in [4.78, 5) is 9.22. The van der Waals surface area contributed by atoms with Gasteiger partial charge < -0.3 is 26.4 Å². The zero-order chi connectivity index (χ0) is 12.0. The molecule has 0 saturated carbocycles. The van der Waals surface area contributed by atoms with E-state index in [0.29, 0.717) is 0 Å². The van der Waals surface area contributed by atoms with Crippen LogP contribution in [0.3, 0.4) is 0 Å². The fraction of sp³-hybridized carbons (Fsp3) is 0.875. The molecule has 0 spiro atoms. The lowest BCUT2D eigenvalue weighted by molar-refractivity contribution is -0.153. The Morgan fingerprint density at radius 2 is 2.13 bits per heavy atom. The Morgan fingerprint density at radius 3 is 2.53 bits per heavy atom. The Balaban J connectivity index is 0.000000423. The van der Waals surface area contributed by atoms with E-state index >= 15 is 0 Å². The van der Waals surface area contributed by atoms with Crippen LogP contribution in [0.1, 0.15) is 13.3 Å². The Kier molecular flexibility index (Phi) is 6.34. The van der Waals surface area contributed by atoms with E-state index in [1.807, 2.05) is 0 Å². The van der Waals surface area contributed by atoms with Crippen LogP contribution in [0.4, 0.5) is 4.39 Å². The number of primary amides is 1. The van der Waals surface area contributed by atoms with Gasteiger partial charge in [0.15, 0.2) is 6.17 Å². The number of ether oxygens (including phenoxy) is 1. The topological polar surface area (TPSA) is 119 Å². The lowest BCUT2D eigenvalue weighted by Crippen LogP contribution is -2.50. The second kappa shape index (κ2) is 6.67. The standard InChI is InChI=1S/C6H12FNO3.C2H5NO/c7-6-3(10)1-5(8)11-4(6)2-9;1-2(3)4/h3-6,9-10H,1-2,8H2;1H3,(H2,3,4)/t3-,4-,5?,6+;/m1./s1. The highest BCUT2D eigenvalue weighted by molar-refractivity contribution is 5.70. The molecule has 6 nitrogen and oxygen atoms in total. The van der Waals surface area contributed by atoms with Gasteiger partial charge in [0.2, 0.25) is 5.91 Å². The maximum absolute atomic E-state index is 12.8. The Bertz CT molecular complexity index is 201. The minimum absolute atomic E-state index is 0.0810. The van der Waals surface area contributed by atoms with Crippen LogP contribution in [-0.2, 0) is 9.53 Å². The number of amides is 1. The van der Waals surface area contributed by atoms with Gasteiger partial charge in [-0.1, -0.05) is 0 Å². The van der Waals surface area contributed by atoms with E-state index < -0.39 is 31.2 Å². The largest absolute Gasteiger partial charge is 0.394 e. The summed E-state index contributed by atoms with van der Waals surface area (Å²) in [7, 11) is 0. The Morgan fingerprint density at radius 1 is 1.67 bits per heavy atom. The van der Waals surface area contributed by atoms with Crippen molar-refractivity contribution < 1.29 is 24.1 Å². The molecule has 1 heterocycles. The average Bonchev–Trinajstić information content (AvgIpc) is 2.10. The molecule has 1 rings (SSSR count). The third kappa shape index (κ3) is 5.63. The molecule has 1 aliphatic heterocycles. The second-order valence-electron chi connectivity index (χ2n) is 3.25. The van der Waals surface area contributed by atoms with Crippen LogP contribution in [0, 0.1) is 0 Å². The van der Waals surface area contributed by atoms with Crippen LogP contribution in [-0.4, -0.2) is 47.3 Å². The first-order chi connectivity index (χ1) is 6.88. The number of carbonyl (C=O) groups is 1. The highest BCUT2D eigenvalue weighted by Crippen LogP contribution is 2.19. The number of hydrogen-bond acceptors (Lipinski definition) is 5. The van der Waals surface area contributed by atoms with Crippen molar-refractivity contribution >= 4 is 5.91 Å². The first-order valence-electron chi connectivity index (χ1n) is 4.48. The molecule has 0 aliphatic carbocycles. The summed E-state index contributed by atoms with van der Waals surface area (Å²) in [5, 5.41) is 17.6. The van der Waals surface area contributed by atoms with E-state index in [2.05, 4.69) is 5.73 Å². The fourth-order valence-corrected chi connectivity index (χ4v) is 1.11. The van der Waals surface area contributed by atoms with Gasteiger partial charge in [0.05, 0.1) is 12.7 Å². The molecule has 0 radical (unpaired) electrons. The van der Waals surface area contributed by atoms with Crippen LogP contribution < -0.4 is 11.5 Å².